The topological polar surface area (TPSA) is 26.3 Å². The lowest BCUT2D eigenvalue weighted by Gasteiger charge is -2.24. The van der Waals surface area contributed by atoms with Crippen LogP contribution in [0.2, 0.25) is 0 Å². The van der Waals surface area contributed by atoms with Crippen molar-refractivity contribution >= 4 is 5.97 Å². The quantitative estimate of drug-likeness (QED) is 0.289. The van der Waals surface area contributed by atoms with E-state index >= 15 is 0 Å². The van der Waals surface area contributed by atoms with Gasteiger partial charge >= 0.3 is 5.97 Å². The molecule has 2 nitrogen and oxygen atoms in total. The zero-order valence-electron chi connectivity index (χ0n) is 18.3. The number of esters is 1. The second-order valence-corrected chi connectivity index (χ2v) is 9.21. The normalized spacial score (nSPS) is 15.4. The molecule has 0 saturated heterocycles. The van der Waals surface area contributed by atoms with Crippen LogP contribution < -0.4 is 0 Å². The SMILES string of the molecule is CCOC(=O)CC(CC(C)CCCC(C)C)CC(C)CCCC(C)C. The Morgan fingerprint density at radius 1 is 0.760 bits per heavy atom. The van der Waals surface area contributed by atoms with Crippen LogP contribution in [0.15, 0.2) is 0 Å². The predicted octanol–water partition coefficient (Wildman–Crippen LogP) is 7.26. The van der Waals surface area contributed by atoms with Crippen molar-refractivity contribution in [2.75, 3.05) is 6.61 Å². The Kier molecular flexibility index (Phi) is 14.3. The van der Waals surface area contributed by atoms with Crippen LogP contribution in [-0.2, 0) is 9.53 Å². The van der Waals surface area contributed by atoms with Crippen molar-refractivity contribution in [1.29, 1.82) is 0 Å². The van der Waals surface area contributed by atoms with Crippen LogP contribution in [0, 0.1) is 29.6 Å². The molecule has 0 aliphatic rings. The highest BCUT2D eigenvalue weighted by atomic mass is 16.5. The van der Waals surface area contributed by atoms with Crippen molar-refractivity contribution in [1.82, 2.24) is 0 Å². The van der Waals surface area contributed by atoms with E-state index in [9.17, 15) is 4.79 Å². The standard InChI is InChI=1S/C23H46O2/c1-8-25-23(24)17-22(15-20(6)13-9-11-18(2)3)16-21(7)14-10-12-19(4)5/h18-22H,8-17H2,1-7H3. The molecular weight excluding hydrogens is 308 g/mol. The maximum absolute atomic E-state index is 12.0. The summed E-state index contributed by atoms with van der Waals surface area (Å²) in [5.74, 6) is 3.49. The van der Waals surface area contributed by atoms with E-state index in [2.05, 4.69) is 41.5 Å². The van der Waals surface area contributed by atoms with E-state index in [-0.39, 0.29) is 5.97 Å². The third kappa shape index (κ3) is 15.4. The fourth-order valence-corrected chi connectivity index (χ4v) is 3.84. The Hall–Kier alpha value is -0.530. The molecule has 0 fully saturated rings. The minimum atomic E-state index is -0.00346. The molecule has 0 rings (SSSR count). The summed E-state index contributed by atoms with van der Waals surface area (Å²) in [7, 11) is 0. The minimum Gasteiger partial charge on any atom is -0.466 e. The molecule has 0 aromatic heterocycles. The summed E-state index contributed by atoms with van der Waals surface area (Å²) in [4.78, 5) is 12.0. The highest BCUT2D eigenvalue weighted by Gasteiger charge is 2.20. The molecule has 2 unspecified atom stereocenters. The lowest BCUT2D eigenvalue weighted by Crippen LogP contribution is -2.17. The van der Waals surface area contributed by atoms with Crippen molar-refractivity contribution in [3.05, 3.63) is 0 Å². The van der Waals surface area contributed by atoms with E-state index in [0.29, 0.717) is 30.8 Å². The first-order valence-electron chi connectivity index (χ1n) is 10.9. The third-order valence-corrected chi connectivity index (χ3v) is 5.19. The second kappa shape index (κ2) is 14.6. The summed E-state index contributed by atoms with van der Waals surface area (Å²) in [6, 6.07) is 0. The summed E-state index contributed by atoms with van der Waals surface area (Å²) in [6.07, 6.45) is 10.8. The molecular formula is C23H46O2. The average molecular weight is 355 g/mol. The number of carbonyl (C=O) groups is 1. The third-order valence-electron chi connectivity index (χ3n) is 5.19. The summed E-state index contributed by atoms with van der Waals surface area (Å²) in [5, 5.41) is 0. The molecule has 2 heteroatoms. The molecule has 150 valence electrons. The molecule has 0 aromatic carbocycles. The number of ether oxygens (including phenoxy) is 1. The monoisotopic (exact) mass is 354 g/mol. The number of rotatable bonds is 15. The van der Waals surface area contributed by atoms with Crippen molar-refractivity contribution in [2.24, 2.45) is 29.6 Å². The van der Waals surface area contributed by atoms with Crippen LogP contribution in [0.5, 0.6) is 0 Å². The fraction of sp³-hybridized carbons (Fsp3) is 0.957. The molecule has 0 heterocycles. The van der Waals surface area contributed by atoms with E-state index < -0.39 is 0 Å². The fourth-order valence-electron chi connectivity index (χ4n) is 3.84. The van der Waals surface area contributed by atoms with Crippen LogP contribution in [-0.4, -0.2) is 12.6 Å². The lowest BCUT2D eigenvalue weighted by molar-refractivity contribution is -0.144. The first kappa shape index (κ1) is 24.5. The van der Waals surface area contributed by atoms with E-state index in [1.54, 1.807) is 0 Å². The summed E-state index contributed by atoms with van der Waals surface area (Å²) in [5.41, 5.74) is 0. The maximum atomic E-state index is 12.0. The van der Waals surface area contributed by atoms with Crippen molar-refractivity contribution in [3.8, 4) is 0 Å². The molecule has 2 atom stereocenters. The zero-order chi connectivity index (χ0) is 19.2. The largest absolute Gasteiger partial charge is 0.466 e. The molecule has 0 spiro atoms. The Balaban J connectivity index is 4.40. The van der Waals surface area contributed by atoms with Gasteiger partial charge in [-0.25, -0.2) is 0 Å². The predicted molar refractivity (Wildman–Crippen MR) is 110 cm³/mol. The average Bonchev–Trinajstić information content (AvgIpc) is 2.46. The maximum Gasteiger partial charge on any atom is 0.306 e. The molecule has 0 saturated carbocycles. The molecule has 25 heavy (non-hydrogen) atoms. The van der Waals surface area contributed by atoms with E-state index in [4.69, 9.17) is 4.74 Å². The summed E-state index contributed by atoms with van der Waals surface area (Å²) in [6.45, 7) is 16.3. The Morgan fingerprint density at radius 3 is 1.56 bits per heavy atom. The number of carbonyl (C=O) groups excluding carboxylic acids is 1. The van der Waals surface area contributed by atoms with Crippen molar-refractivity contribution in [2.45, 2.75) is 106 Å². The molecule has 0 amide bonds. The number of hydrogen-bond acceptors (Lipinski definition) is 2. The van der Waals surface area contributed by atoms with Gasteiger partial charge in [0.05, 0.1) is 6.61 Å². The second-order valence-electron chi connectivity index (χ2n) is 9.21. The number of hydrogen-bond donors (Lipinski definition) is 0. The van der Waals surface area contributed by atoms with Crippen molar-refractivity contribution in [3.63, 3.8) is 0 Å². The highest BCUT2D eigenvalue weighted by molar-refractivity contribution is 5.69. The molecule has 0 N–H and O–H groups in total. The van der Waals surface area contributed by atoms with Gasteiger partial charge in [0.15, 0.2) is 0 Å². The summed E-state index contributed by atoms with van der Waals surface area (Å²) < 4.78 is 5.22. The van der Waals surface area contributed by atoms with Crippen LogP contribution in [0.25, 0.3) is 0 Å². The van der Waals surface area contributed by atoms with Gasteiger partial charge in [-0.1, -0.05) is 80.1 Å². The van der Waals surface area contributed by atoms with Gasteiger partial charge in [-0.15, -0.1) is 0 Å². The van der Waals surface area contributed by atoms with Gasteiger partial charge in [0.2, 0.25) is 0 Å². The molecule has 0 radical (unpaired) electrons. The first-order chi connectivity index (χ1) is 11.7. The van der Waals surface area contributed by atoms with Crippen LogP contribution in [0.3, 0.4) is 0 Å². The van der Waals surface area contributed by atoms with E-state index in [0.717, 1.165) is 11.8 Å². The smallest absolute Gasteiger partial charge is 0.306 e. The van der Waals surface area contributed by atoms with Gasteiger partial charge in [-0.3, -0.25) is 4.79 Å². The van der Waals surface area contributed by atoms with Gasteiger partial charge in [-0.05, 0) is 49.4 Å². The van der Waals surface area contributed by atoms with E-state index in [1.807, 2.05) is 6.92 Å². The zero-order valence-corrected chi connectivity index (χ0v) is 18.3. The van der Waals surface area contributed by atoms with Crippen LogP contribution in [0.4, 0.5) is 0 Å². The highest BCUT2D eigenvalue weighted by Crippen LogP contribution is 2.29. The lowest BCUT2D eigenvalue weighted by atomic mass is 9.82. The first-order valence-corrected chi connectivity index (χ1v) is 10.9. The summed E-state index contributed by atoms with van der Waals surface area (Å²) >= 11 is 0. The van der Waals surface area contributed by atoms with Gasteiger partial charge < -0.3 is 4.74 Å². The Bertz CT molecular complexity index is 300. The molecule has 0 aliphatic heterocycles. The van der Waals surface area contributed by atoms with Crippen molar-refractivity contribution < 1.29 is 9.53 Å². The van der Waals surface area contributed by atoms with Gasteiger partial charge in [-0.2, -0.15) is 0 Å². The Labute approximate surface area is 158 Å². The molecule has 0 aliphatic carbocycles. The Morgan fingerprint density at radius 2 is 1.20 bits per heavy atom. The van der Waals surface area contributed by atoms with Crippen LogP contribution >= 0.6 is 0 Å². The van der Waals surface area contributed by atoms with Crippen LogP contribution in [0.1, 0.15) is 106 Å². The molecule has 0 bridgehead atoms. The van der Waals surface area contributed by atoms with Gasteiger partial charge in [0.25, 0.3) is 0 Å². The molecule has 0 aromatic rings. The van der Waals surface area contributed by atoms with E-state index in [1.165, 1.54) is 51.4 Å². The minimum absolute atomic E-state index is 0.00346. The van der Waals surface area contributed by atoms with Gasteiger partial charge in [0.1, 0.15) is 0 Å². The van der Waals surface area contributed by atoms with Gasteiger partial charge in [0, 0.05) is 6.42 Å².